The minimum Gasteiger partial charge on any atom is -0.192 e. The van der Waals surface area contributed by atoms with Crippen LogP contribution in [0.5, 0.6) is 0 Å². The van der Waals surface area contributed by atoms with Gasteiger partial charge < -0.3 is 0 Å². The van der Waals surface area contributed by atoms with E-state index < -0.39 is 0 Å². The second kappa shape index (κ2) is 3.08. The molecule has 1 aliphatic heterocycles. The molecule has 74 valence electrons. The number of hydrogen-bond acceptors (Lipinski definition) is 4. The SMILES string of the molecule is Cc1nnc2n1N=C1CCCCC1S2. The molecule has 1 fully saturated rings. The van der Waals surface area contributed by atoms with Gasteiger partial charge in [0.05, 0.1) is 11.0 Å². The van der Waals surface area contributed by atoms with E-state index in [2.05, 4.69) is 15.3 Å². The summed E-state index contributed by atoms with van der Waals surface area (Å²) in [5, 5.41) is 14.3. The van der Waals surface area contributed by atoms with Crippen LogP contribution in [-0.4, -0.2) is 25.8 Å². The highest BCUT2D eigenvalue weighted by molar-refractivity contribution is 8.00. The molecular weight excluding hydrogens is 196 g/mol. The number of fused-ring (bicyclic) bond motifs is 2. The molecule has 4 nitrogen and oxygen atoms in total. The molecule has 1 unspecified atom stereocenters. The van der Waals surface area contributed by atoms with Crippen molar-refractivity contribution in [2.24, 2.45) is 5.10 Å². The van der Waals surface area contributed by atoms with Crippen molar-refractivity contribution < 1.29 is 0 Å². The van der Waals surface area contributed by atoms with Gasteiger partial charge in [-0.3, -0.25) is 0 Å². The van der Waals surface area contributed by atoms with E-state index in [1.54, 1.807) is 0 Å². The van der Waals surface area contributed by atoms with Crippen LogP contribution in [0.3, 0.4) is 0 Å². The van der Waals surface area contributed by atoms with Crippen molar-refractivity contribution in [1.82, 2.24) is 14.9 Å². The molecule has 1 saturated carbocycles. The molecule has 0 spiro atoms. The van der Waals surface area contributed by atoms with Crippen LogP contribution >= 0.6 is 11.8 Å². The van der Waals surface area contributed by atoms with Gasteiger partial charge in [0.25, 0.3) is 0 Å². The van der Waals surface area contributed by atoms with Gasteiger partial charge in [0, 0.05) is 0 Å². The van der Waals surface area contributed by atoms with Gasteiger partial charge in [0.2, 0.25) is 5.16 Å². The quantitative estimate of drug-likeness (QED) is 0.653. The fourth-order valence-electron chi connectivity index (χ4n) is 1.99. The Kier molecular flexibility index (Phi) is 1.87. The van der Waals surface area contributed by atoms with Crippen LogP contribution in [0.2, 0.25) is 0 Å². The van der Waals surface area contributed by atoms with Crippen molar-refractivity contribution in [2.45, 2.75) is 43.0 Å². The maximum Gasteiger partial charge on any atom is 0.212 e. The summed E-state index contributed by atoms with van der Waals surface area (Å²) in [6.45, 7) is 1.95. The second-order valence-electron chi connectivity index (χ2n) is 3.79. The van der Waals surface area contributed by atoms with Gasteiger partial charge in [-0.05, 0) is 26.2 Å². The molecule has 0 saturated heterocycles. The predicted molar refractivity (Wildman–Crippen MR) is 55.7 cm³/mol. The number of rotatable bonds is 0. The minimum atomic E-state index is 0.569. The average Bonchev–Trinajstić information content (AvgIpc) is 2.57. The van der Waals surface area contributed by atoms with Crippen molar-refractivity contribution in [2.75, 3.05) is 0 Å². The summed E-state index contributed by atoms with van der Waals surface area (Å²) in [5.41, 5.74) is 1.33. The summed E-state index contributed by atoms with van der Waals surface area (Å²) < 4.78 is 1.88. The molecule has 0 amide bonds. The maximum atomic E-state index is 4.61. The largest absolute Gasteiger partial charge is 0.212 e. The topological polar surface area (TPSA) is 43.1 Å². The van der Waals surface area contributed by atoms with Gasteiger partial charge >= 0.3 is 0 Å². The molecule has 1 aliphatic carbocycles. The molecule has 1 aromatic rings. The molecule has 2 aliphatic rings. The Hall–Kier alpha value is -0.840. The second-order valence-corrected chi connectivity index (χ2v) is 4.96. The Morgan fingerprint density at radius 1 is 1.36 bits per heavy atom. The first-order valence-electron chi connectivity index (χ1n) is 5.01. The monoisotopic (exact) mass is 208 g/mol. The Morgan fingerprint density at radius 3 is 3.21 bits per heavy atom. The molecule has 0 bridgehead atoms. The molecular formula is C9H12N4S. The number of thioether (sulfide) groups is 1. The van der Waals surface area contributed by atoms with E-state index in [9.17, 15) is 0 Å². The van der Waals surface area contributed by atoms with Gasteiger partial charge in [-0.25, -0.2) is 0 Å². The van der Waals surface area contributed by atoms with E-state index in [1.165, 1.54) is 25.0 Å². The Balaban J connectivity index is 2.04. The van der Waals surface area contributed by atoms with Crippen LogP contribution in [0.4, 0.5) is 0 Å². The van der Waals surface area contributed by atoms with E-state index >= 15 is 0 Å². The number of aryl methyl sites for hydroxylation is 1. The smallest absolute Gasteiger partial charge is 0.192 e. The van der Waals surface area contributed by atoms with Gasteiger partial charge in [0.1, 0.15) is 0 Å². The van der Waals surface area contributed by atoms with Crippen LogP contribution in [-0.2, 0) is 0 Å². The average molecular weight is 208 g/mol. The standard InChI is InChI=1S/C9H12N4S/c1-6-10-11-9-13(6)12-7-4-2-3-5-8(7)14-9/h8H,2-5H2,1H3. The van der Waals surface area contributed by atoms with Crippen LogP contribution in [0, 0.1) is 6.92 Å². The van der Waals surface area contributed by atoms with Gasteiger partial charge in [-0.2, -0.15) is 9.78 Å². The number of hydrogen-bond donors (Lipinski definition) is 0. The van der Waals surface area contributed by atoms with Crippen LogP contribution < -0.4 is 0 Å². The zero-order valence-corrected chi connectivity index (χ0v) is 8.92. The molecule has 0 radical (unpaired) electrons. The first kappa shape index (κ1) is 8.47. The van der Waals surface area contributed by atoms with Gasteiger partial charge in [-0.15, -0.1) is 10.2 Å². The highest BCUT2D eigenvalue weighted by Gasteiger charge is 2.28. The lowest BCUT2D eigenvalue weighted by Gasteiger charge is -2.26. The van der Waals surface area contributed by atoms with Crippen molar-refractivity contribution >= 4 is 17.5 Å². The maximum absolute atomic E-state index is 4.61. The highest BCUT2D eigenvalue weighted by atomic mass is 32.2. The number of aromatic nitrogens is 3. The van der Waals surface area contributed by atoms with Crippen LogP contribution in [0.1, 0.15) is 31.5 Å². The fourth-order valence-corrected chi connectivity index (χ4v) is 3.19. The Morgan fingerprint density at radius 2 is 2.29 bits per heavy atom. The van der Waals surface area contributed by atoms with Crippen LogP contribution in [0.25, 0.3) is 0 Å². The molecule has 1 atom stereocenters. The lowest BCUT2D eigenvalue weighted by molar-refractivity contribution is 0.636. The van der Waals surface area contributed by atoms with Crippen molar-refractivity contribution in [3.05, 3.63) is 5.82 Å². The first-order valence-corrected chi connectivity index (χ1v) is 5.89. The van der Waals surface area contributed by atoms with Crippen molar-refractivity contribution in [3.8, 4) is 0 Å². The van der Waals surface area contributed by atoms with Crippen molar-refractivity contribution in [1.29, 1.82) is 0 Å². The lowest BCUT2D eigenvalue weighted by Crippen LogP contribution is -2.26. The minimum absolute atomic E-state index is 0.569. The molecule has 5 heteroatoms. The van der Waals surface area contributed by atoms with Gasteiger partial charge in [0.15, 0.2) is 5.82 Å². The Labute approximate surface area is 86.8 Å². The van der Waals surface area contributed by atoms with Gasteiger partial charge in [-0.1, -0.05) is 18.2 Å². The summed E-state index contributed by atoms with van der Waals surface area (Å²) in [5.74, 6) is 0.893. The summed E-state index contributed by atoms with van der Waals surface area (Å²) in [4.78, 5) is 0. The molecule has 14 heavy (non-hydrogen) atoms. The zero-order chi connectivity index (χ0) is 9.54. The predicted octanol–water partition coefficient (Wildman–Crippen LogP) is 1.84. The first-order chi connectivity index (χ1) is 6.84. The lowest BCUT2D eigenvalue weighted by atomic mass is 9.98. The third kappa shape index (κ3) is 1.19. The summed E-state index contributed by atoms with van der Waals surface area (Å²) in [7, 11) is 0. The van der Waals surface area contributed by atoms with Crippen molar-refractivity contribution in [3.63, 3.8) is 0 Å². The van der Waals surface area contributed by atoms with E-state index in [0.29, 0.717) is 5.25 Å². The van der Waals surface area contributed by atoms with Crippen LogP contribution in [0.15, 0.2) is 10.3 Å². The Bertz CT molecular complexity index is 396. The zero-order valence-electron chi connectivity index (χ0n) is 8.10. The normalized spacial score (nSPS) is 25.2. The molecule has 0 N–H and O–H groups in total. The third-order valence-electron chi connectivity index (χ3n) is 2.76. The summed E-state index contributed by atoms with van der Waals surface area (Å²) >= 11 is 1.82. The summed E-state index contributed by atoms with van der Waals surface area (Å²) in [6, 6.07) is 0. The summed E-state index contributed by atoms with van der Waals surface area (Å²) in [6.07, 6.45) is 5.00. The third-order valence-corrected chi connectivity index (χ3v) is 4.02. The number of nitrogens with zero attached hydrogens (tertiary/aromatic N) is 4. The fraction of sp³-hybridized carbons (Fsp3) is 0.667. The molecule has 2 heterocycles. The molecule has 0 aromatic carbocycles. The molecule has 1 aromatic heterocycles. The van der Waals surface area contributed by atoms with E-state index in [0.717, 1.165) is 17.4 Å². The van der Waals surface area contributed by atoms with E-state index in [-0.39, 0.29) is 0 Å². The van der Waals surface area contributed by atoms with E-state index in [4.69, 9.17) is 0 Å². The highest BCUT2D eigenvalue weighted by Crippen LogP contribution is 2.34. The van der Waals surface area contributed by atoms with E-state index in [1.807, 2.05) is 23.4 Å². The molecule has 3 rings (SSSR count).